The van der Waals surface area contributed by atoms with E-state index in [0.29, 0.717) is 0 Å². The first-order valence-corrected chi connectivity index (χ1v) is 6.26. The fourth-order valence-corrected chi connectivity index (χ4v) is 2.14. The van der Waals surface area contributed by atoms with Crippen LogP contribution in [-0.4, -0.2) is 19.9 Å². The van der Waals surface area contributed by atoms with E-state index < -0.39 is 0 Å². The third kappa shape index (κ3) is 2.19. The zero-order valence-corrected chi connectivity index (χ0v) is 10.7. The van der Waals surface area contributed by atoms with Crippen LogP contribution in [0.2, 0.25) is 0 Å². The van der Waals surface area contributed by atoms with Gasteiger partial charge in [0.05, 0.1) is 11.0 Å². The highest BCUT2D eigenvalue weighted by atomic mass is 16.5. The predicted octanol–water partition coefficient (Wildman–Crippen LogP) is 3.76. The molecule has 0 saturated carbocycles. The Morgan fingerprint density at radius 1 is 0.550 bits per heavy atom. The van der Waals surface area contributed by atoms with Crippen molar-refractivity contribution in [3.8, 4) is 0 Å². The normalized spacial score (nSPS) is 10.4. The van der Waals surface area contributed by atoms with Gasteiger partial charge >= 0.3 is 0 Å². The van der Waals surface area contributed by atoms with Crippen molar-refractivity contribution in [2.75, 3.05) is 0 Å². The fourth-order valence-electron chi connectivity index (χ4n) is 2.14. The number of aromatic nitrogens is 2. The van der Waals surface area contributed by atoms with Crippen LogP contribution in [0.1, 0.15) is 0 Å². The molecule has 0 bridgehead atoms. The maximum absolute atomic E-state index is 9.13. The summed E-state index contributed by atoms with van der Waals surface area (Å²) < 4.78 is 2.24. The van der Waals surface area contributed by atoms with E-state index in [9.17, 15) is 0 Å². The van der Waals surface area contributed by atoms with Crippen molar-refractivity contribution in [1.29, 1.82) is 0 Å². The first-order valence-electron chi connectivity index (χ1n) is 6.26. The number of para-hydroxylation sites is 2. The van der Waals surface area contributed by atoms with Gasteiger partial charge in [0, 0.05) is 23.2 Å². The summed E-state index contributed by atoms with van der Waals surface area (Å²) in [6, 6.07) is 19.1. The van der Waals surface area contributed by atoms with Crippen LogP contribution in [0, 0.1) is 0 Å². The first kappa shape index (κ1) is 12.2. The summed E-state index contributed by atoms with van der Waals surface area (Å²) >= 11 is 0. The summed E-state index contributed by atoms with van der Waals surface area (Å²) in [7, 11) is 0. The Bertz CT molecular complexity index is 774. The molecule has 2 heterocycles. The lowest BCUT2D eigenvalue weighted by Gasteiger charge is -1.91. The van der Waals surface area contributed by atoms with Crippen LogP contribution in [0.15, 0.2) is 73.1 Å². The van der Waals surface area contributed by atoms with Gasteiger partial charge < -0.3 is 10.4 Å². The zero-order valence-electron chi connectivity index (χ0n) is 10.7. The van der Waals surface area contributed by atoms with Crippen molar-refractivity contribution in [2.24, 2.45) is 0 Å². The molecule has 0 saturated heterocycles. The zero-order chi connectivity index (χ0) is 13.9. The molecule has 2 aromatic carbocycles. The average molecular weight is 266 g/mol. The van der Waals surface area contributed by atoms with Crippen molar-refractivity contribution in [3.63, 3.8) is 0 Å². The topological polar surface area (TPSA) is 50.3 Å². The number of benzene rings is 2. The average Bonchev–Trinajstić information content (AvgIpc) is 3.05. The van der Waals surface area contributed by atoms with Crippen LogP contribution in [0.25, 0.3) is 21.8 Å². The molecule has 0 unspecified atom stereocenters. The second kappa shape index (κ2) is 5.01. The molecule has 4 heteroatoms. The van der Waals surface area contributed by atoms with Crippen LogP contribution in [0.4, 0.5) is 0 Å². The van der Waals surface area contributed by atoms with Gasteiger partial charge in [-0.25, -0.2) is 0 Å². The van der Waals surface area contributed by atoms with Gasteiger partial charge in [-0.3, -0.25) is 0 Å². The van der Waals surface area contributed by atoms with Crippen molar-refractivity contribution in [3.05, 3.63) is 73.1 Å². The van der Waals surface area contributed by atoms with E-state index in [-0.39, 0.29) is 0 Å². The quantitative estimate of drug-likeness (QED) is 0.476. The summed E-state index contributed by atoms with van der Waals surface area (Å²) in [5.74, 6) is 0. The molecule has 4 rings (SSSR count). The SMILES string of the molecule is On1ccc2ccccc21.On1ccc2ccccc21. The minimum atomic E-state index is 0.850. The van der Waals surface area contributed by atoms with Gasteiger partial charge in [-0.15, -0.1) is 0 Å². The number of fused-ring (bicyclic) bond motifs is 2. The molecule has 2 aromatic heterocycles. The van der Waals surface area contributed by atoms with E-state index in [0.717, 1.165) is 31.3 Å². The Morgan fingerprint density at radius 3 is 1.35 bits per heavy atom. The smallest absolute Gasteiger partial charge is 0.0865 e. The van der Waals surface area contributed by atoms with Gasteiger partial charge in [-0.2, -0.15) is 9.46 Å². The molecule has 0 aliphatic heterocycles. The molecular weight excluding hydrogens is 252 g/mol. The lowest BCUT2D eigenvalue weighted by molar-refractivity contribution is 0.200. The Kier molecular flexibility index (Phi) is 3.05. The van der Waals surface area contributed by atoms with E-state index in [4.69, 9.17) is 10.4 Å². The maximum Gasteiger partial charge on any atom is 0.0865 e. The lowest BCUT2D eigenvalue weighted by atomic mass is 10.3. The summed E-state index contributed by atoms with van der Waals surface area (Å²) in [4.78, 5) is 0. The monoisotopic (exact) mass is 266 g/mol. The Hall–Kier alpha value is -2.88. The van der Waals surface area contributed by atoms with Gasteiger partial charge in [0.25, 0.3) is 0 Å². The van der Waals surface area contributed by atoms with Crippen LogP contribution in [-0.2, 0) is 0 Å². The first-order chi connectivity index (χ1) is 9.75. The molecule has 4 nitrogen and oxygen atoms in total. The summed E-state index contributed by atoms with van der Waals surface area (Å²) in [5, 5.41) is 20.4. The van der Waals surface area contributed by atoms with E-state index in [1.165, 1.54) is 0 Å². The minimum absolute atomic E-state index is 0.850. The van der Waals surface area contributed by atoms with Crippen molar-refractivity contribution in [2.45, 2.75) is 0 Å². The van der Waals surface area contributed by atoms with E-state index in [2.05, 4.69) is 0 Å². The molecule has 4 aromatic rings. The van der Waals surface area contributed by atoms with Crippen LogP contribution in [0.3, 0.4) is 0 Å². The largest absolute Gasteiger partial charge is 0.428 e. The number of nitrogens with zero attached hydrogens (tertiary/aromatic N) is 2. The second-order valence-corrected chi connectivity index (χ2v) is 4.44. The Labute approximate surface area is 115 Å². The molecule has 0 amide bonds. The molecule has 20 heavy (non-hydrogen) atoms. The van der Waals surface area contributed by atoms with Crippen LogP contribution >= 0.6 is 0 Å². The maximum atomic E-state index is 9.13. The minimum Gasteiger partial charge on any atom is -0.428 e. The second-order valence-electron chi connectivity index (χ2n) is 4.44. The van der Waals surface area contributed by atoms with Gasteiger partial charge in [-0.05, 0) is 24.3 Å². The molecule has 0 aliphatic rings. The summed E-state index contributed by atoms with van der Waals surface area (Å²) in [6.45, 7) is 0. The third-order valence-electron chi connectivity index (χ3n) is 3.16. The molecule has 0 spiro atoms. The number of rotatable bonds is 0. The van der Waals surface area contributed by atoms with Gasteiger partial charge in [0.15, 0.2) is 0 Å². The van der Waals surface area contributed by atoms with Crippen molar-refractivity contribution < 1.29 is 10.4 Å². The Balaban J connectivity index is 0.000000121. The molecule has 0 radical (unpaired) electrons. The number of hydrogen-bond acceptors (Lipinski definition) is 2. The van der Waals surface area contributed by atoms with Crippen LogP contribution in [0.5, 0.6) is 0 Å². The van der Waals surface area contributed by atoms with Gasteiger partial charge in [0.1, 0.15) is 0 Å². The fraction of sp³-hybridized carbons (Fsp3) is 0. The Morgan fingerprint density at radius 2 is 0.950 bits per heavy atom. The molecular formula is C16H14N2O2. The van der Waals surface area contributed by atoms with Crippen LogP contribution < -0.4 is 0 Å². The molecule has 0 aliphatic carbocycles. The third-order valence-corrected chi connectivity index (χ3v) is 3.16. The van der Waals surface area contributed by atoms with E-state index >= 15 is 0 Å². The molecule has 100 valence electrons. The summed E-state index contributed by atoms with van der Waals surface area (Å²) in [6.07, 6.45) is 3.26. The predicted molar refractivity (Wildman–Crippen MR) is 78.2 cm³/mol. The summed E-state index contributed by atoms with van der Waals surface area (Å²) in [5.41, 5.74) is 1.70. The lowest BCUT2D eigenvalue weighted by Crippen LogP contribution is -1.83. The van der Waals surface area contributed by atoms with Gasteiger partial charge in [-0.1, -0.05) is 36.4 Å². The number of hydrogen-bond donors (Lipinski definition) is 2. The van der Waals surface area contributed by atoms with E-state index in [1.807, 2.05) is 60.7 Å². The van der Waals surface area contributed by atoms with Gasteiger partial charge in [0.2, 0.25) is 0 Å². The highest BCUT2D eigenvalue weighted by Crippen LogP contribution is 2.13. The van der Waals surface area contributed by atoms with E-state index in [1.54, 1.807) is 12.4 Å². The molecule has 0 atom stereocenters. The van der Waals surface area contributed by atoms with Crippen molar-refractivity contribution in [1.82, 2.24) is 9.46 Å². The highest BCUT2D eigenvalue weighted by molar-refractivity contribution is 5.80. The molecule has 0 fully saturated rings. The van der Waals surface area contributed by atoms with Crippen molar-refractivity contribution >= 4 is 21.8 Å². The molecule has 2 N–H and O–H groups in total. The highest BCUT2D eigenvalue weighted by Gasteiger charge is 1.95. The standard InChI is InChI=1S/2C8H7NO/c2*10-9-6-5-7-3-1-2-4-8(7)9/h2*1-6,10H.